The van der Waals surface area contributed by atoms with Gasteiger partial charge in [-0.2, -0.15) is 0 Å². The van der Waals surface area contributed by atoms with Gasteiger partial charge >= 0.3 is 0 Å². The lowest BCUT2D eigenvalue weighted by Gasteiger charge is -2.17. The van der Waals surface area contributed by atoms with Gasteiger partial charge in [-0.3, -0.25) is 4.79 Å². The van der Waals surface area contributed by atoms with Crippen LogP contribution in [0.3, 0.4) is 0 Å². The van der Waals surface area contributed by atoms with E-state index in [-0.39, 0.29) is 24.2 Å². The Morgan fingerprint density at radius 1 is 1.44 bits per heavy atom. The second kappa shape index (κ2) is 6.98. The average Bonchev–Trinajstić information content (AvgIpc) is 2.77. The van der Waals surface area contributed by atoms with Gasteiger partial charge in [0, 0.05) is 16.6 Å². The monoisotopic (exact) mass is 288 g/mol. The van der Waals surface area contributed by atoms with E-state index in [1.807, 2.05) is 12.1 Å². The fourth-order valence-electron chi connectivity index (χ4n) is 2.47. The Kier molecular flexibility index (Phi) is 5.93. The van der Waals surface area contributed by atoms with Crippen LogP contribution in [0, 0.1) is 11.8 Å². The normalized spacial score (nSPS) is 22.3. The minimum atomic E-state index is 0. The maximum absolute atomic E-state index is 12.1. The summed E-state index contributed by atoms with van der Waals surface area (Å²) >= 11 is 5.87. The summed E-state index contributed by atoms with van der Waals surface area (Å²) in [5, 5.41) is 3.54. The number of benzene rings is 1. The van der Waals surface area contributed by atoms with Crippen LogP contribution in [0.25, 0.3) is 0 Å². The van der Waals surface area contributed by atoms with Crippen LogP contribution in [0.15, 0.2) is 24.3 Å². The third-order valence-corrected chi connectivity index (χ3v) is 3.63. The Morgan fingerprint density at radius 2 is 2.22 bits per heavy atom. The molecule has 0 heterocycles. The fraction of sp³-hybridized carbons (Fsp3) is 0.462. The molecule has 3 nitrogen and oxygen atoms in total. The Morgan fingerprint density at radius 3 is 2.89 bits per heavy atom. The summed E-state index contributed by atoms with van der Waals surface area (Å²) in [7, 11) is 0. The van der Waals surface area contributed by atoms with Gasteiger partial charge in [-0.15, -0.1) is 12.4 Å². The van der Waals surface area contributed by atoms with Gasteiger partial charge < -0.3 is 11.1 Å². The molecule has 100 valence electrons. The van der Waals surface area contributed by atoms with Gasteiger partial charge in [0.25, 0.3) is 0 Å². The first kappa shape index (κ1) is 15.3. The molecule has 0 aromatic heterocycles. The number of nitrogens with one attached hydrogen (secondary N) is 1. The number of halogens is 2. The lowest BCUT2D eigenvalue weighted by atomic mass is 9.95. The molecular weight excluding hydrogens is 271 g/mol. The number of hydrogen-bond acceptors (Lipinski definition) is 2. The summed E-state index contributed by atoms with van der Waals surface area (Å²) in [5.74, 6) is 0.452. The molecule has 0 bridgehead atoms. The van der Waals surface area contributed by atoms with Crippen molar-refractivity contribution in [2.24, 2.45) is 17.6 Å². The van der Waals surface area contributed by atoms with Crippen LogP contribution in [0.2, 0.25) is 5.02 Å². The molecule has 0 radical (unpaired) electrons. The number of carbonyl (C=O) groups is 1. The summed E-state index contributed by atoms with van der Waals surface area (Å²) in [6.07, 6.45) is 3.09. The van der Waals surface area contributed by atoms with E-state index in [4.69, 9.17) is 17.3 Å². The van der Waals surface area contributed by atoms with Crippen molar-refractivity contribution in [3.63, 3.8) is 0 Å². The van der Waals surface area contributed by atoms with E-state index in [0.717, 1.165) is 24.9 Å². The summed E-state index contributed by atoms with van der Waals surface area (Å²) in [4.78, 5) is 12.1. The van der Waals surface area contributed by atoms with Crippen molar-refractivity contribution in [2.45, 2.75) is 19.3 Å². The molecule has 1 aromatic rings. The van der Waals surface area contributed by atoms with Gasteiger partial charge in [-0.25, -0.2) is 0 Å². The van der Waals surface area contributed by atoms with Crippen LogP contribution < -0.4 is 11.1 Å². The van der Waals surface area contributed by atoms with Crippen molar-refractivity contribution in [3.8, 4) is 0 Å². The third kappa shape index (κ3) is 3.61. The molecule has 2 rings (SSSR count). The van der Waals surface area contributed by atoms with Gasteiger partial charge in [0.05, 0.1) is 0 Å². The molecule has 1 fully saturated rings. The second-order valence-corrected chi connectivity index (χ2v) is 4.97. The molecule has 0 spiro atoms. The summed E-state index contributed by atoms with van der Waals surface area (Å²) in [5.41, 5.74) is 6.43. The van der Waals surface area contributed by atoms with E-state index in [0.29, 0.717) is 17.5 Å². The van der Waals surface area contributed by atoms with Gasteiger partial charge in [-0.1, -0.05) is 24.1 Å². The molecule has 18 heavy (non-hydrogen) atoms. The zero-order valence-corrected chi connectivity index (χ0v) is 11.6. The molecule has 1 aromatic carbocycles. The minimum absolute atomic E-state index is 0. The number of amides is 1. The van der Waals surface area contributed by atoms with E-state index < -0.39 is 0 Å². The van der Waals surface area contributed by atoms with Gasteiger partial charge in [0.1, 0.15) is 0 Å². The SMILES string of the molecule is Cl.NC[C@H]1CCC[C@H]1C(=O)Nc1cccc(Cl)c1. The van der Waals surface area contributed by atoms with Crippen LogP contribution in [0.1, 0.15) is 19.3 Å². The second-order valence-electron chi connectivity index (χ2n) is 4.53. The Labute approximate surface area is 118 Å². The highest BCUT2D eigenvalue weighted by Crippen LogP contribution is 2.32. The highest BCUT2D eigenvalue weighted by Gasteiger charge is 2.31. The van der Waals surface area contributed by atoms with E-state index >= 15 is 0 Å². The molecular formula is C13H18Cl2N2O. The molecule has 5 heteroatoms. The quantitative estimate of drug-likeness (QED) is 0.898. The third-order valence-electron chi connectivity index (χ3n) is 3.39. The molecule has 1 saturated carbocycles. The molecule has 2 atom stereocenters. The first-order valence-corrected chi connectivity index (χ1v) is 6.35. The molecule has 1 aliphatic carbocycles. The van der Waals surface area contributed by atoms with Crippen LogP contribution in [0.4, 0.5) is 5.69 Å². The van der Waals surface area contributed by atoms with E-state index in [1.54, 1.807) is 12.1 Å². The predicted octanol–water partition coefficient (Wildman–Crippen LogP) is 3.08. The molecule has 0 aliphatic heterocycles. The summed E-state index contributed by atoms with van der Waals surface area (Å²) < 4.78 is 0. The van der Waals surface area contributed by atoms with Gasteiger partial charge in [0.15, 0.2) is 0 Å². The number of carbonyl (C=O) groups excluding carboxylic acids is 1. The van der Waals surface area contributed by atoms with Crippen molar-refractivity contribution in [1.82, 2.24) is 0 Å². The van der Waals surface area contributed by atoms with Crippen molar-refractivity contribution >= 4 is 35.6 Å². The van der Waals surface area contributed by atoms with Crippen LogP contribution in [0.5, 0.6) is 0 Å². The van der Waals surface area contributed by atoms with Gasteiger partial charge in [-0.05, 0) is 43.5 Å². The Hall–Kier alpha value is -0.770. The largest absolute Gasteiger partial charge is 0.330 e. The topological polar surface area (TPSA) is 55.1 Å². The Balaban J connectivity index is 0.00000162. The van der Waals surface area contributed by atoms with Crippen LogP contribution in [-0.2, 0) is 4.79 Å². The smallest absolute Gasteiger partial charge is 0.227 e. The fourth-order valence-corrected chi connectivity index (χ4v) is 2.66. The summed E-state index contributed by atoms with van der Waals surface area (Å²) in [6.45, 7) is 0.591. The average molecular weight is 289 g/mol. The molecule has 0 saturated heterocycles. The first-order chi connectivity index (χ1) is 8.20. The number of hydrogen-bond donors (Lipinski definition) is 2. The van der Waals surface area contributed by atoms with E-state index in [9.17, 15) is 4.79 Å². The number of anilines is 1. The molecule has 1 amide bonds. The summed E-state index contributed by atoms with van der Waals surface area (Å²) in [6, 6.07) is 7.21. The van der Waals surface area contributed by atoms with Crippen molar-refractivity contribution in [3.05, 3.63) is 29.3 Å². The first-order valence-electron chi connectivity index (χ1n) is 5.97. The lowest BCUT2D eigenvalue weighted by Crippen LogP contribution is -2.29. The van der Waals surface area contributed by atoms with E-state index in [2.05, 4.69) is 5.32 Å². The number of nitrogens with two attached hydrogens (primary N) is 1. The van der Waals surface area contributed by atoms with Crippen LogP contribution >= 0.6 is 24.0 Å². The predicted molar refractivity (Wildman–Crippen MR) is 77.2 cm³/mol. The van der Waals surface area contributed by atoms with Crippen molar-refractivity contribution in [1.29, 1.82) is 0 Å². The van der Waals surface area contributed by atoms with Gasteiger partial charge in [0.2, 0.25) is 5.91 Å². The maximum Gasteiger partial charge on any atom is 0.227 e. The van der Waals surface area contributed by atoms with E-state index in [1.165, 1.54) is 0 Å². The molecule has 0 unspecified atom stereocenters. The molecule has 3 N–H and O–H groups in total. The zero-order chi connectivity index (χ0) is 12.3. The van der Waals surface area contributed by atoms with Crippen molar-refractivity contribution in [2.75, 3.05) is 11.9 Å². The number of rotatable bonds is 3. The molecule has 1 aliphatic rings. The highest BCUT2D eigenvalue weighted by atomic mass is 35.5. The Bertz CT molecular complexity index is 412. The zero-order valence-electron chi connectivity index (χ0n) is 10.1. The highest BCUT2D eigenvalue weighted by molar-refractivity contribution is 6.30. The standard InChI is InChI=1S/C13H17ClN2O.ClH/c14-10-4-2-5-11(7-10)16-13(17)12-6-1-3-9(12)8-15;/h2,4-5,7,9,12H,1,3,6,8,15H2,(H,16,17);1H/t9-,12-;/m1./s1. The van der Waals surface area contributed by atoms with Crippen LogP contribution in [-0.4, -0.2) is 12.5 Å². The minimum Gasteiger partial charge on any atom is -0.330 e. The maximum atomic E-state index is 12.1. The van der Waals surface area contributed by atoms with Crippen molar-refractivity contribution < 1.29 is 4.79 Å². The lowest BCUT2D eigenvalue weighted by molar-refractivity contribution is -0.120.